The number of likely N-dealkylation sites (tertiary alicyclic amines) is 1. The summed E-state index contributed by atoms with van der Waals surface area (Å²) in [6, 6.07) is 7.80. The molecule has 0 radical (unpaired) electrons. The van der Waals surface area contributed by atoms with E-state index in [1.807, 2.05) is 0 Å². The van der Waals surface area contributed by atoms with E-state index in [4.69, 9.17) is 4.74 Å². The van der Waals surface area contributed by atoms with Crippen LogP contribution in [0, 0.1) is 0 Å². The molecule has 3 heterocycles. The minimum absolute atomic E-state index is 0.0358. The van der Waals surface area contributed by atoms with E-state index in [1.54, 1.807) is 30.5 Å². The summed E-state index contributed by atoms with van der Waals surface area (Å²) in [6.45, 7) is 1.71. The quantitative estimate of drug-likeness (QED) is 0.484. The zero-order chi connectivity index (χ0) is 21.4. The van der Waals surface area contributed by atoms with Crippen molar-refractivity contribution >= 4 is 17.3 Å². The van der Waals surface area contributed by atoms with Crippen LogP contribution in [0.1, 0.15) is 29.3 Å². The molecular formula is C20H26F3N5OS. The lowest BCUT2D eigenvalue weighted by atomic mass is 10.2. The first-order valence-electron chi connectivity index (χ1n) is 9.81. The van der Waals surface area contributed by atoms with Crippen LogP contribution in [-0.4, -0.2) is 55.3 Å². The number of hydrogen-bond acceptors (Lipinski definition) is 5. The maximum Gasteiger partial charge on any atom is 0.422 e. The van der Waals surface area contributed by atoms with Gasteiger partial charge in [-0.3, -0.25) is 9.89 Å². The van der Waals surface area contributed by atoms with Gasteiger partial charge in [-0.05, 0) is 43.4 Å². The normalized spacial score (nSPS) is 16.5. The minimum Gasteiger partial charge on any atom is -0.468 e. The Morgan fingerprint density at radius 3 is 2.73 bits per heavy atom. The van der Waals surface area contributed by atoms with E-state index in [0.717, 1.165) is 13.1 Å². The van der Waals surface area contributed by atoms with Gasteiger partial charge in [0.05, 0.1) is 6.04 Å². The molecule has 0 saturated carbocycles. The molecule has 0 aliphatic carbocycles. The fraction of sp³-hybridized carbons (Fsp3) is 0.500. The molecule has 1 saturated heterocycles. The Bertz CT molecular complexity index is 807. The van der Waals surface area contributed by atoms with E-state index in [-0.39, 0.29) is 18.5 Å². The average Bonchev–Trinajstić information content (AvgIpc) is 3.44. The first-order valence-corrected chi connectivity index (χ1v) is 10.7. The molecule has 1 unspecified atom stereocenters. The third-order valence-electron chi connectivity index (χ3n) is 4.81. The highest BCUT2D eigenvalue weighted by Gasteiger charge is 2.29. The molecule has 3 rings (SSSR count). The summed E-state index contributed by atoms with van der Waals surface area (Å²) in [5.41, 5.74) is 0.527. The lowest BCUT2D eigenvalue weighted by molar-refractivity contribution is -0.154. The van der Waals surface area contributed by atoms with Crippen molar-refractivity contribution in [3.05, 3.63) is 46.3 Å². The van der Waals surface area contributed by atoms with E-state index in [0.29, 0.717) is 18.1 Å². The molecule has 1 aliphatic rings. The number of ether oxygens (including phenoxy) is 1. The molecule has 2 aromatic heterocycles. The summed E-state index contributed by atoms with van der Waals surface area (Å²) in [7, 11) is 1.66. The van der Waals surface area contributed by atoms with Gasteiger partial charge in [-0.25, -0.2) is 4.98 Å². The van der Waals surface area contributed by atoms with Crippen molar-refractivity contribution in [3.63, 3.8) is 0 Å². The van der Waals surface area contributed by atoms with Gasteiger partial charge < -0.3 is 15.4 Å². The number of aliphatic imine (C=N–C) groups is 1. The van der Waals surface area contributed by atoms with Crippen LogP contribution in [0.4, 0.5) is 13.2 Å². The summed E-state index contributed by atoms with van der Waals surface area (Å²) >= 11 is 1.74. The molecule has 0 spiro atoms. The average molecular weight is 442 g/mol. The summed E-state index contributed by atoms with van der Waals surface area (Å²) < 4.78 is 42.2. The van der Waals surface area contributed by atoms with Gasteiger partial charge in [-0.2, -0.15) is 13.2 Å². The number of halogens is 3. The molecule has 0 aromatic carbocycles. The van der Waals surface area contributed by atoms with Crippen LogP contribution in [0.2, 0.25) is 0 Å². The van der Waals surface area contributed by atoms with Gasteiger partial charge in [0, 0.05) is 36.8 Å². The third-order valence-corrected chi connectivity index (χ3v) is 5.78. The number of aromatic nitrogens is 1. The van der Waals surface area contributed by atoms with Crippen molar-refractivity contribution in [1.29, 1.82) is 0 Å². The highest BCUT2D eigenvalue weighted by Crippen LogP contribution is 2.27. The van der Waals surface area contributed by atoms with Crippen molar-refractivity contribution in [2.45, 2.75) is 31.6 Å². The van der Waals surface area contributed by atoms with E-state index < -0.39 is 12.8 Å². The Morgan fingerprint density at radius 2 is 2.07 bits per heavy atom. The molecule has 1 aliphatic heterocycles. The maximum absolute atomic E-state index is 12.5. The largest absolute Gasteiger partial charge is 0.468 e. The van der Waals surface area contributed by atoms with Gasteiger partial charge in [0.25, 0.3) is 0 Å². The van der Waals surface area contributed by atoms with Crippen molar-refractivity contribution in [2.75, 3.05) is 33.3 Å². The SMILES string of the molecule is CN=C(NCc1cccnc1OCC(F)(F)F)NCC(c1cccs1)N1CCCC1. The van der Waals surface area contributed by atoms with E-state index in [1.165, 1.54) is 23.9 Å². The van der Waals surface area contributed by atoms with Crippen LogP contribution in [0.5, 0.6) is 5.88 Å². The maximum atomic E-state index is 12.5. The van der Waals surface area contributed by atoms with Crippen LogP contribution in [0.3, 0.4) is 0 Å². The molecular weight excluding hydrogens is 415 g/mol. The van der Waals surface area contributed by atoms with Crippen LogP contribution < -0.4 is 15.4 Å². The monoisotopic (exact) mass is 441 g/mol. The molecule has 1 fully saturated rings. The molecule has 1 atom stereocenters. The van der Waals surface area contributed by atoms with Gasteiger partial charge in [0.1, 0.15) is 0 Å². The number of hydrogen-bond donors (Lipinski definition) is 2. The standard InChI is InChI=1S/C20H26F3N5OS/c1-24-19(26-12-15-6-4-8-25-18(15)29-14-20(21,22)23)27-13-16(17-7-5-11-30-17)28-9-2-3-10-28/h4-8,11,16H,2-3,9-10,12-14H2,1H3,(H2,24,26,27). The Morgan fingerprint density at radius 1 is 1.27 bits per heavy atom. The predicted octanol–water partition coefficient (Wildman–Crippen LogP) is 3.59. The van der Waals surface area contributed by atoms with Gasteiger partial charge in [-0.1, -0.05) is 12.1 Å². The molecule has 2 N–H and O–H groups in total. The van der Waals surface area contributed by atoms with E-state index >= 15 is 0 Å². The van der Waals surface area contributed by atoms with Crippen LogP contribution in [0.25, 0.3) is 0 Å². The first-order chi connectivity index (χ1) is 14.5. The minimum atomic E-state index is -4.41. The second-order valence-corrected chi connectivity index (χ2v) is 7.93. The lowest BCUT2D eigenvalue weighted by Gasteiger charge is -2.27. The Kier molecular flexibility index (Phi) is 7.92. The van der Waals surface area contributed by atoms with Crippen molar-refractivity contribution in [2.24, 2.45) is 4.99 Å². The number of pyridine rings is 1. The molecule has 164 valence electrons. The number of alkyl halides is 3. The smallest absolute Gasteiger partial charge is 0.422 e. The molecule has 0 bridgehead atoms. The summed E-state index contributed by atoms with van der Waals surface area (Å²) in [4.78, 5) is 11.9. The fourth-order valence-corrected chi connectivity index (χ4v) is 4.24. The number of nitrogens with zero attached hydrogens (tertiary/aromatic N) is 3. The van der Waals surface area contributed by atoms with Gasteiger partial charge in [0.15, 0.2) is 12.6 Å². The summed E-state index contributed by atoms with van der Waals surface area (Å²) in [6.07, 6.45) is -0.594. The molecule has 10 heteroatoms. The van der Waals surface area contributed by atoms with E-state index in [9.17, 15) is 13.2 Å². The van der Waals surface area contributed by atoms with Gasteiger partial charge in [0.2, 0.25) is 5.88 Å². The first kappa shape index (κ1) is 22.4. The number of thiophene rings is 1. The lowest BCUT2D eigenvalue weighted by Crippen LogP contribution is -2.42. The van der Waals surface area contributed by atoms with Crippen molar-refractivity contribution < 1.29 is 17.9 Å². The van der Waals surface area contributed by atoms with E-state index in [2.05, 4.69) is 43.0 Å². The summed E-state index contributed by atoms with van der Waals surface area (Å²) in [5, 5.41) is 8.56. The Labute approximate surface area is 178 Å². The number of guanidine groups is 1. The highest BCUT2D eigenvalue weighted by molar-refractivity contribution is 7.10. The number of rotatable bonds is 8. The van der Waals surface area contributed by atoms with Crippen LogP contribution in [0.15, 0.2) is 40.8 Å². The summed E-state index contributed by atoms with van der Waals surface area (Å²) in [5.74, 6) is 0.535. The molecule has 6 nitrogen and oxygen atoms in total. The third kappa shape index (κ3) is 6.60. The second kappa shape index (κ2) is 10.6. The highest BCUT2D eigenvalue weighted by atomic mass is 32.1. The predicted molar refractivity (Wildman–Crippen MR) is 112 cm³/mol. The van der Waals surface area contributed by atoms with Crippen LogP contribution >= 0.6 is 11.3 Å². The molecule has 0 amide bonds. The Balaban J connectivity index is 1.57. The zero-order valence-electron chi connectivity index (χ0n) is 16.8. The molecule has 2 aromatic rings. The number of nitrogens with one attached hydrogen (secondary N) is 2. The van der Waals surface area contributed by atoms with Crippen molar-refractivity contribution in [1.82, 2.24) is 20.5 Å². The molecule has 30 heavy (non-hydrogen) atoms. The van der Waals surface area contributed by atoms with Crippen LogP contribution in [-0.2, 0) is 6.54 Å². The zero-order valence-corrected chi connectivity index (χ0v) is 17.6. The Hall–Kier alpha value is -2.33. The van der Waals surface area contributed by atoms with Crippen molar-refractivity contribution in [3.8, 4) is 5.88 Å². The fourth-order valence-electron chi connectivity index (χ4n) is 3.38. The second-order valence-electron chi connectivity index (χ2n) is 6.95. The van der Waals surface area contributed by atoms with Gasteiger partial charge in [-0.15, -0.1) is 11.3 Å². The topological polar surface area (TPSA) is 61.8 Å². The van der Waals surface area contributed by atoms with Gasteiger partial charge >= 0.3 is 6.18 Å².